The van der Waals surface area contributed by atoms with Crippen molar-refractivity contribution in [3.63, 3.8) is 0 Å². The van der Waals surface area contributed by atoms with E-state index in [-0.39, 0.29) is 6.10 Å². The highest BCUT2D eigenvalue weighted by Gasteiger charge is 2.07. The molecule has 1 rings (SSSR count). The number of aryl methyl sites for hydroxylation is 1. The highest BCUT2D eigenvalue weighted by atomic mass is 16.5. The monoisotopic (exact) mass is 167 g/mol. The van der Waals surface area contributed by atoms with Crippen molar-refractivity contribution in [2.75, 3.05) is 13.7 Å². The Kier molecular flexibility index (Phi) is 3.13. The van der Waals surface area contributed by atoms with Gasteiger partial charge in [0.25, 0.3) is 0 Å². The lowest BCUT2D eigenvalue weighted by Crippen LogP contribution is -2.14. The second-order valence-electron chi connectivity index (χ2n) is 2.52. The lowest BCUT2D eigenvalue weighted by molar-refractivity contribution is 0.110. The summed E-state index contributed by atoms with van der Waals surface area (Å²) in [5, 5.41) is 0. The first-order valence-electron chi connectivity index (χ1n) is 3.79. The molecule has 1 heterocycles. The summed E-state index contributed by atoms with van der Waals surface area (Å²) in [6.07, 6.45) is 3.39. The molecule has 0 amide bonds. The van der Waals surface area contributed by atoms with Crippen molar-refractivity contribution in [2.24, 2.45) is 5.73 Å². The Morgan fingerprint density at radius 3 is 2.50 bits per heavy atom. The second kappa shape index (κ2) is 4.13. The number of methoxy groups -OCH3 is 1. The first-order valence-corrected chi connectivity index (χ1v) is 3.79. The second-order valence-corrected chi connectivity index (χ2v) is 2.52. The molecule has 4 nitrogen and oxygen atoms in total. The van der Waals surface area contributed by atoms with Crippen molar-refractivity contribution in [3.05, 3.63) is 23.8 Å². The first-order chi connectivity index (χ1) is 5.77. The molecule has 1 aromatic rings. The maximum atomic E-state index is 5.47. The molecule has 66 valence electrons. The molecule has 1 aromatic heterocycles. The van der Waals surface area contributed by atoms with E-state index in [9.17, 15) is 0 Å². The maximum Gasteiger partial charge on any atom is 0.125 e. The van der Waals surface area contributed by atoms with Gasteiger partial charge in [0.2, 0.25) is 0 Å². The van der Waals surface area contributed by atoms with Gasteiger partial charge in [-0.1, -0.05) is 0 Å². The number of nitrogens with two attached hydrogens (primary N) is 1. The van der Waals surface area contributed by atoms with Gasteiger partial charge in [-0.15, -0.1) is 0 Å². The minimum Gasteiger partial charge on any atom is -0.375 e. The molecule has 2 N–H and O–H groups in total. The quantitative estimate of drug-likeness (QED) is 0.709. The fraction of sp³-hybridized carbons (Fsp3) is 0.500. The number of hydrogen-bond donors (Lipinski definition) is 1. The molecule has 1 unspecified atom stereocenters. The minimum absolute atomic E-state index is 0.0920. The fourth-order valence-electron chi connectivity index (χ4n) is 0.937. The Bertz CT molecular complexity index is 231. The van der Waals surface area contributed by atoms with Crippen molar-refractivity contribution in [1.82, 2.24) is 9.97 Å². The van der Waals surface area contributed by atoms with Gasteiger partial charge in [-0.05, 0) is 6.92 Å². The number of rotatable bonds is 3. The van der Waals surface area contributed by atoms with Crippen LogP contribution in [0.25, 0.3) is 0 Å². The third-order valence-corrected chi connectivity index (χ3v) is 1.67. The molecule has 0 saturated heterocycles. The predicted molar refractivity (Wildman–Crippen MR) is 45.6 cm³/mol. The lowest BCUT2D eigenvalue weighted by Gasteiger charge is -2.11. The molecule has 0 aliphatic rings. The smallest absolute Gasteiger partial charge is 0.125 e. The zero-order valence-corrected chi connectivity index (χ0v) is 7.32. The molecule has 1 atom stereocenters. The normalized spacial score (nSPS) is 12.9. The molecule has 0 aromatic carbocycles. The maximum absolute atomic E-state index is 5.47. The number of ether oxygens (including phenoxy) is 1. The van der Waals surface area contributed by atoms with Crippen LogP contribution in [0.2, 0.25) is 0 Å². The largest absolute Gasteiger partial charge is 0.375 e. The average molecular weight is 167 g/mol. The van der Waals surface area contributed by atoms with Gasteiger partial charge in [0.15, 0.2) is 0 Å². The summed E-state index contributed by atoms with van der Waals surface area (Å²) in [7, 11) is 1.62. The van der Waals surface area contributed by atoms with E-state index in [0.717, 1.165) is 11.4 Å². The van der Waals surface area contributed by atoms with Crippen LogP contribution in [0.15, 0.2) is 12.4 Å². The van der Waals surface area contributed by atoms with E-state index >= 15 is 0 Å². The van der Waals surface area contributed by atoms with E-state index in [1.54, 1.807) is 19.5 Å². The summed E-state index contributed by atoms with van der Waals surface area (Å²) in [6, 6.07) is 0. The van der Waals surface area contributed by atoms with Crippen molar-refractivity contribution < 1.29 is 4.74 Å². The van der Waals surface area contributed by atoms with Crippen LogP contribution in [0.1, 0.15) is 17.5 Å². The van der Waals surface area contributed by atoms with Crippen LogP contribution in [-0.4, -0.2) is 23.6 Å². The third kappa shape index (κ3) is 1.99. The van der Waals surface area contributed by atoms with Gasteiger partial charge >= 0.3 is 0 Å². The number of hydrogen-bond acceptors (Lipinski definition) is 4. The van der Waals surface area contributed by atoms with Gasteiger partial charge in [0.1, 0.15) is 5.82 Å². The summed E-state index contributed by atoms with van der Waals surface area (Å²) in [5.41, 5.74) is 6.39. The summed E-state index contributed by atoms with van der Waals surface area (Å²) in [5.74, 6) is 0.755. The predicted octanol–water partition coefficient (Wildman–Crippen LogP) is 0.431. The standard InChI is InChI=1S/C8H13N3O/c1-6-10-4-7(5-11-6)8(3-9)12-2/h4-5,8H,3,9H2,1-2H3. The van der Waals surface area contributed by atoms with Crippen LogP contribution < -0.4 is 5.73 Å². The molecule has 0 radical (unpaired) electrons. The Hall–Kier alpha value is -1.00. The van der Waals surface area contributed by atoms with Crippen LogP contribution in [0.4, 0.5) is 0 Å². The van der Waals surface area contributed by atoms with E-state index < -0.39 is 0 Å². The summed E-state index contributed by atoms with van der Waals surface area (Å²) >= 11 is 0. The number of aromatic nitrogens is 2. The molecule has 0 aliphatic carbocycles. The first kappa shape index (κ1) is 9.09. The average Bonchev–Trinajstić information content (AvgIpc) is 2.10. The van der Waals surface area contributed by atoms with Gasteiger partial charge in [0, 0.05) is 31.6 Å². The van der Waals surface area contributed by atoms with Gasteiger partial charge in [-0.3, -0.25) is 0 Å². The molecule has 0 saturated carbocycles. The Balaban J connectivity index is 2.80. The SMILES string of the molecule is COC(CN)c1cnc(C)nc1. The molecule has 4 heteroatoms. The van der Waals surface area contributed by atoms with Crippen molar-refractivity contribution >= 4 is 0 Å². The highest BCUT2D eigenvalue weighted by Crippen LogP contribution is 2.11. The topological polar surface area (TPSA) is 61.0 Å². The van der Waals surface area contributed by atoms with E-state index in [4.69, 9.17) is 10.5 Å². The zero-order chi connectivity index (χ0) is 8.97. The Morgan fingerprint density at radius 2 is 2.08 bits per heavy atom. The van der Waals surface area contributed by atoms with Crippen LogP contribution in [-0.2, 0) is 4.74 Å². The van der Waals surface area contributed by atoms with E-state index in [1.807, 2.05) is 6.92 Å². The zero-order valence-electron chi connectivity index (χ0n) is 7.32. The molecule has 0 fully saturated rings. The summed E-state index contributed by atoms with van der Waals surface area (Å²) in [6.45, 7) is 2.29. The molecule has 0 bridgehead atoms. The lowest BCUT2D eigenvalue weighted by atomic mass is 10.2. The molecule has 0 spiro atoms. The molecule has 12 heavy (non-hydrogen) atoms. The minimum atomic E-state index is -0.0920. The molecular formula is C8H13N3O. The fourth-order valence-corrected chi connectivity index (χ4v) is 0.937. The van der Waals surface area contributed by atoms with Gasteiger partial charge < -0.3 is 10.5 Å². The van der Waals surface area contributed by atoms with Gasteiger partial charge in [-0.2, -0.15) is 0 Å². The number of nitrogens with zero attached hydrogens (tertiary/aromatic N) is 2. The van der Waals surface area contributed by atoms with Crippen molar-refractivity contribution in [2.45, 2.75) is 13.0 Å². The van der Waals surface area contributed by atoms with Crippen molar-refractivity contribution in [3.8, 4) is 0 Å². The van der Waals surface area contributed by atoms with E-state index in [2.05, 4.69) is 9.97 Å². The highest BCUT2D eigenvalue weighted by molar-refractivity contribution is 5.09. The Labute approximate surface area is 71.8 Å². The molecule has 0 aliphatic heterocycles. The van der Waals surface area contributed by atoms with Crippen molar-refractivity contribution in [1.29, 1.82) is 0 Å². The van der Waals surface area contributed by atoms with Crippen LogP contribution in [0.5, 0.6) is 0 Å². The van der Waals surface area contributed by atoms with Crippen LogP contribution in [0, 0.1) is 6.92 Å². The third-order valence-electron chi connectivity index (χ3n) is 1.67. The van der Waals surface area contributed by atoms with Gasteiger partial charge in [-0.25, -0.2) is 9.97 Å². The summed E-state index contributed by atoms with van der Waals surface area (Å²) < 4.78 is 5.12. The van der Waals surface area contributed by atoms with Crippen LogP contribution >= 0.6 is 0 Å². The Morgan fingerprint density at radius 1 is 1.50 bits per heavy atom. The summed E-state index contributed by atoms with van der Waals surface area (Å²) in [4.78, 5) is 8.10. The van der Waals surface area contributed by atoms with Gasteiger partial charge in [0.05, 0.1) is 6.10 Å². The van der Waals surface area contributed by atoms with E-state index in [1.165, 1.54) is 0 Å². The van der Waals surface area contributed by atoms with E-state index in [0.29, 0.717) is 6.54 Å². The van der Waals surface area contributed by atoms with Crippen LogP contribution in [0.3, 0.4) is 0 Å². The molecular weight excluding hydrogens is 154 g/mol.